The van der Waals surface area contributed by atoms with Gasteiger partial charge in [-0.3, -0.25) is 9.59 Å². The molecule has 6 rings (SSSR count). The van der Waals surface area contributed by atoms with E-state index in [1.54, 1.807) is 22.2 Å². The summed E-state index contributed by atoms with van der Waals surface area (Å²) >= 11 is 0. The van der Waals surface area contributed by atoms with Gasteiger partial charge in [0.2, 0.25) is 11.8 Å². The topological polar surface area (TPSA) is 175 Å². The first-order valence-electron chi connectivity index (χ1n) is 17.2. The Labute approximate surface area is 296 Å². The first-order chi connectivity index (χ1) is 24.6. The number of hydrogen-bond donors (Lipinski definition) is 4. The molecule has 2 saturated heterocycles. The summed E-state index contributed by atoms with van der Waals surface area (Å²) in [5.41, 5.74) is 5.75. The molecular weight excluding hydrogens is 652 g/mol. The molecule has 2 aromatic heterocycles. The molecule has 0 radical (unpaired) electrons. The maximum absolute atomic E-state index is 13.5. The van der Waals surface area contributed by atoms with Crippen molar-refractivity contribution in [3.05, 3.63) is 72.6 Å². The first-order valence-corrected chi connectivity index (χ1v) is 17.2. The van der Waals surface area contributed by atoms with Crippen molar-refractivity contribution in [1.29, 1.82) is 0 Å². The molecule has 14 nitrogen and oxygen atoms in total. The molecule has 1 unspecified atom stereocenters. The van der Waals surface area contributed by atoms with E-state index in [9.17, 15) is 19.2 Å². The molecule has 4 amide bonds. The molecule has 51 heavy (non-hydrogen) atoms. The monoisotopic (exact) mass is 696 g/mol. The zero-order chi connectivity index (χ0) is 36.1. The van der Waals surface area contributed by atoms with Crippen LogP contribution in [0.5, 0.6) is 0 Å². The van der Waals surface area contributed by atoms with Gasteiger partial charge in [0, 0.05) is 13.1 Å². The molecule has 2 aliphatic heterocycles. The number of amides is 4. The number of alkyl carbamates (subject to hydrolysis) is 2. The molecule has 0 aliphatic carbocycles. The lowest BCUT2D eigenvalue weighted by molar-refractivity contribution is -0.136. The van der Waals surface area contributed by atoms with E-state index in [-0.39, 0.29) is 23.8 Å². The molecule has 2 aromatic carbocycles. The highest BCUT2D eigenvalue weighted by atomic mass is 16.5. The highest BCUT2D eigenvalue weighted by molar-refractivity contribution is 5.87. The van der Waals surface area contributed by atoms with Gasteiger partial charge in [-0.1, -0.05) is 62.4 Å². The van der Waals surface area contributed by atoms with Crippen LogP contribution < -0.4 is 10.6 Å². The van der Waals surface area contributed by atoms with Crippen LogP contribution in [-0.4, -0.2) is 93.1 Å². The molecule has 268 valence electrons. The van der Waals surface area contributed by atoms with Crippen molar-refractivity contribution in [2.45, 2.75) is 64.2 Å². The van der Waals surface area contributed by atoms with E-state index >= 15 is 0 Å². The second-order valence-electron chi connectivity index (χ2n) is 13.2. The Balaban J connectivity index is 1.08. The number of likely N-dealkylation sites (tertiary alicyclic amines) is 2. The van der Waals surface area contributed by atoms with Crippen LogP contribution in [0.15, 0.2) is 60.9 Å². The highest BCUT2D eigenvalue weighted by Gasteiger charge is 2.37. The lowest BCUT2D eigenvalue weighted by Crippen LogP contribution is -2.51. The Hall–Kier alpha value is -5.66. The summed E-state index contributed by atoms with van der Waals surface area (Å²) < 4.78 is 9.39. The quantitative estimate of drug-likeness (QED) is 0.179. The number of carbonyl (C=O) groups excluding carboxylic acids is 4. The van der Waals surface area contributed by atoms with Crippen LogP contribution in [0.4, 0.5) is 9.59 Å². The molecule has 4 N–H and O–H groups in total. The van der Waals surface area contributed by atoms with E-state index < -0.39 is 24.3 Å². The average molecular weight is 697 g/mol. The van der Waals surface area contributed by atoms with Crippen LogP contribution in [0, 0.1) is 5.92 Å². The number of imidazole rings is 2. The van der Waals surface area contributed by atoms with Gasteiger partial charge in [0.15, 0.2) is 0 Å². The Morgan fingerprint density at radius 2 is 1.41 bits per heavy atom. The van der Waals surface area contributed by atoms with E-state index in [1.807, 2.05) is 38.1 Å². The maximum atomic E-state index is 13.5. The highest BCUT2D eigenvalue weighted by Crippen LogP contribution is 2.33. The molecule has 4 aromatic rings. The number of H-pyrrole nitrogens is 2. The third-order valence-corrected chi connectivity index (χ3v) is 9.54. The number of benzene rings is 2. The first kappa shape index (κ1) is 35.2. The number of carbonyl (C=O) groups is 4. The molecule has 0 saturated carbocycles. The van der Waals surface area contributed by atoms with Gasteiger partial charge in [-0.25, -0.2) is 19.6 Å². The summed E-state index contributed by atoms with van der Waals surface area (Å²) in [5.74, 6) is 1.00. The number of nitrogens with one attached hydrogen (secondary N) is 4. The molecule has 0 bridgehead atoms. The van der Waals surface area contributed by atoms with Gasteiger partial charge in [0.1, 0.15) is 23.7 Å². The third kappa shape index (κ3) is 7.89. The van der Waals surface area contributed by atoms with Gasteiger partial charge >= 0.3 is 12.2 Å². The predicted molar refractivity (Wildman–Crippen MR) is 189 cm³/mol. The minimum atomic E-state index is -0.685. The number of nitrogens with zero attached hydrogens (tertiary/aromatic N) is 4. The summed E-state index contributed by atoms with van der Waals surface area (Å²) in [6, 6.07) is 14.9. The minimum Gasteiger partial charge on any atom is -0.453 e. The number of piperidine rings is 1. The SMILES string of the molecule is COC(=O)NC(C(=O)N1CCC[C@H]1c1ncc(-c2ccc(-c3ccc(-c4cnc(CN5CCC[C@@H](NC(=O)OC)C5=O)[nH]4)cc3)cc2)[nH]1)C(C)C. The van der Waals surface area contributed by atoms with Crippen LogP contribution in [0.25, 0.3) is 33.6 Å². The fourth-order valence-electron chi connectivity index (χ4n) is 6.73. The number of aromatic nitrogens is 4. The standard InChI is InChI=1S/C37H44N8O6/c1-22(2)32(43-37(49)51-4)35(47)45-18-6-8-30(45)33-39-20-29(41-33)26-15-11-24(12-16-26)23-9-13-25(14-10-23)28-19-38-31(40-28)21-44-17-5-7-27(34(44)46)42-36(48)50-3/h9-16,19-20,22,27,30,32H,5-8,17-18,21H2,1-4H3,(H,38,40)(H,39,41)(H,42,48)(H,43,49)/t27-,30+,32?/m1/s1. The summed E-state index contributed by atoms with van der Waals surface area (Å²) in [4.78, 5) is 69.3. The zero-order valence-corrected chi connectivity index (χ0v) is 29.3. The molecule has 3 atom stereocenters. The van der Waals surface area contributed by atoms with Crippen molar-refractivity contribution in [1.82, 2.24) is 40.4 Å². The van der Waals surface area contributed by atoms with Crippen molar-refractivity contribution in [2.24, 2.45) is 5.92 Å². The van der Waals surface area contributed by atoms with Crippen molar-refractivity contribution >= 4 is 24.0 Å². The number of rotatable bonds is 10. The largest absolute Gasteiger partial charge is 0.453 e. The summed E-state index contributed by atoms with van der Waals surface area (Å²) in [5, 5.41) is 5.30. The molecule has 4 heterocycles. The fourth-order valence-corrected chi connectivity index (χ4v) is 6.73. The maximum Gasteiger partial charge on any atom is 0.407 e. The summed E-state index contributed by atoms with van der Waals surface area (Å²) in [6.07, 6.45) is 5.31. The van der Waals surface area contributed by atoms with Crippen LogP contribution in [0.3, 0.4) is 0 Å². The third-order valence-electron chi connectivity index (χ3n) is 9.54. The molecule has 0 spiro atoms. The normalized spacial score (nSPS) is 18.1. The second kappa shape index (κ2) is 15.5. The van der Waals surface area contributed by atoms with Gasteiger partial charge in [-0.2, -0.15) is 0 Å². The Morgan fingerprint density at radius 1 is 0.824 bits per heavy atom. The van der Waals surface area contributed by atoms with Crippen LogP contribution >= 0.6 is 0 Å². The summed E-state index contributed by atoms with van der Waals surface area (Å²) in [7, 11) is 2.57. The Bertz CT molecular complexity index is 1850. The Morgan fingerprint density at radius 3 is 2.04 bits per heavy atom. The van der Waals surface area contributed by atoms with Crippen molar-refractivity contribution in [3.63, 3.8) is 0 Å². The second-order valence-corrected chi connectivity index (χ2v) is 13.2. The molecular formula is C37H44N8O6. The van der Waals surface area contributed by atoms with E-state index in [2.05, 4.69) is 59.6 Å². The number of ether oxygens (including phenoxy) is 2. The van der Waals surface area contributed by atoms with E-state index in [4.69, 9.17) is 4.74 Å². The molecule has 2 aliphatic rings. The van der Waals surface area contributed by atoms with Gasteiger partial charge in [-0.15, -0.1) is 0 Å². The molecule has 2 fully saturated rings. The van der Waals surface area contributed by atoms with Gasteiger partial charge in [0.25, 0.3) is 0 Å². The van der Waals surface area contributed by atoms with Gasteiger partial charge in [0.05, 0.1) is 50.6 Å². The lowest BCUT2D eigenvalue weighted by Gasteiger charge is -2.31. The van der Waals surface area contributed by atoms with E-state index in [0.717, 1.165) is 58.7 Å². The van der Waals surface area contributed by atoms with E-state index in [1.165, 1.54) is 14.2 Å². The Kier molecular flexibility index (Phi) is 10.7. The zero-order valence-electron chi connectivity index (χ0n) is 29.3. The van der Waals surface area contributed by atoms with Crippen molar-refractivity contribution < 1.29 is 28.7 Å². The van der Waals surface area contributed by atoms with Crippen molar-refractivity contribution in [3.8, 4) is 33.6 Å². The predicted octanol–water partition coefficient (Wildman–Crippen LogP) is 5.02. The smallest absolute Gasteiger partial charge is 0.407 e. The van der Waals surface area contributed by atoms with Crippen LogP contribution in [0.2, 0.25) is 0 Å². The number of aromatic amines is 2. The average Bonchev–Trinajstić information content (AvgIpc) is 3.94. The van der Waals surface area contributed by atoms with Crippen molar-refractivity contribution in [2.75, 3.05) is 27.3 Å². The van der Waals surface area contributed by atoms with Gasteiger partial charge in [-0.05, 0) is 53.9 Å². The fraction of sp³-hybridized carbons (Fsp3) is 0.405. The number of methoxy groups -OCH3 is 2. The lowest BCUT2D eigenvalue weighted by atomic mass is 10.0. The van der Waals surface area contributed by atoms with Crippen LogP contribution in [0.1, 0.15) is 57.2 Å². The minimum absolute atomic E-state index is 0.102. The number of hydrogen-bond acceptors (Lipinski definition) is 8. The summed E-state index contributed by atoms with van der Waals surface area (Å²) in [6.45, 7) is 5.31. The molecule has 14 heteroatoms. The van der Waals surface area contributed by atoms with Crippen LogP contribution in [-0.2, 0) is 25.6 Å². The van der Waals surface area contributed by atoms with Gasteiger partial charge < -0.3 is 39.9 Å². The van der Waals surface area contributed by atoms with E-state index in [0.29, 0.717) is 31.9 Å².